The van der Waals surface area contributed by atoms with E-state index >= 15 is 0 Å². The molecule has 0 bridgehead atoms. The Morgan fingerprint density at radius 2 is 1.55 bits per heavy atom. The zero-order valence-electron chi connectivity index (χ0n) is 15.3. The van der Waals surface area contributed by atoms with Crippen molar-refractivity contribution in [2.75, 3.05) is 0 Å². The van der Waals surface area contributed by atoms with Gasteiger partial charge in [0.1, 0.15) is 5.15 Å². The molecule has 0 aliphatic carbocycles. The van der Waals surface area contributed by atoms with Crippen LogP contribution in [0, 0.1) is 0 Å². The van der Waals surface area contributed by atoms with Crippen LogP contribution in [0.3, 0.4) is 0 Å². The third-order valence-corrected chi connectivity index (χ3v) is 5.89. The molecule has 3 rings (SSSR count). The molecule has 0 fully saturated rings. The molecule has 1 heterocycles. The van der Waals surface area contributed by atoms with E-state index in [0.717, 1.165) is 0 Å². The Labute approximate surface area is 182 Å². The van der Waals surface area contributed by atoms with Gasteiger partial charge in [-0.15, -0.1) is 0 Å². The molecule has 7 nitrogen and oxygen atoms in total. The monoisotopic (exact) mass is 491 g/mol. The number of primary sulfonamides is 1. The van der Waals surface area contributed by atoms with Gasteiger partial charge in [-0.05, 0) is 23.3 Å². The summed E-state index contributed by atoms with van der Waals surface area (Å²) in [6.45, 7) is 0. The van der Waals surface area contributed by atoms with Crippen molar-refractivity contribution >= 4 is 32.7 Å². The van der Waals surface area contributed by atoms with E-state index in [1.807, 2.05) is 0 Å². The van der Waals surface area contributed by atoms with Crippen LogP contribution in [0.5, 0.6) is 0 Å². The third-order valence-electron chi connectivity index (χ3n) is 4.11. The number of hydrogen-bond donors (Lipinski definition) is 2. The van der Waals surface area contributed by atoms with E-state index < -0.39 is 38.3 Å². The second-order valence-corrected chi connectivity index (χ2v) is 9.14. The Morgan fingerprint density at radius 3 is 2.03 bits per heavy atom. The average molecular weight is 492 g/mol. The highest BCUT2D eigenvalue weighted by molar-refractivity contribution is 7.89. The molecule has 0 spiro atoms. The van der Waals surface area contributed by atoms with Crippen LogP contribution in [0.25, 0.3) is 22.4 Å². The highest BCUT2D eigenvalue weighted by Gasteiger charge is 2.36. The minimum atomic E-state index is -4.86. The first kappa shape index (κ1) is 23.3. The van der Waals surface area contributed by atoms with Crippen molar-refractivity contribution in [3.8, 4) is 22.4 Å². The lowest BCUT2D eigenvalue weighted by Crippen LogP contribution is -2.13. The van der Waals surface area contributed by atoms with E-state index in [1.54, 1.807) is 0 Å². The standard InChI is InChI=1S/C18H13ClF3N3O4S2/c19-16-14(11-5-7-13(8-6-11)31(23,28)29)15(24-17(25-16)18(20,21)22)12-3-1-10(2-4-12)9-30(26)27/h1-8H,9H2,(H,26,27)(H2,23,28,29). The number of sulfonamides is 1. The summed E-state index contributed by atoms with van der Waals surface area (Å²) < 4.78 is 82.7. The van der Waals surface area contributed by atoms with Crippen molar-refractivity contribution in [3.05, 3.63) is 65.1 Å². The SMILES string of the molecule is NS(=O)(=O)c1ccc(-c2c(Cl)nc(C(F)(F)F)nc2-c2ccc(CS(=O)O)cc2)cc1. The van der Waals surface area contributed by atoms with Gasteiger partial charge in [-0.3, -0.25) is 0 Å². The first-order valence-corrected chi connectivity index (χ1v) is 11.5. The number of nitrogens with two attached hydrogens (primary N) is 1. The number of nitrogens with zero attached hydrogens (tertiary/aromatic N) is 2. The summed E-state index contributed by atoms with van der Waals surface area (Å²) in [7, 11) is -3.97. The fraction of sp³-hybridized carbons (Fsp3) is 0.111. The number of halogens is 4. The molecule has 164 valence electrons. The van der Waals surface area contributed by atoms with E-state index in [9.17, 15) is 25.8 Å². The minimum Gasteiger partial charge on any atom is -0.306 e. The lowest BCUT2D eigenvalue weighted by atomic mass is 10.00. The highest BCUT2D eigenvalue weighted by Crippen LogP contribution is 2.38. The predicted molar refractivity (Wildman–Crippen MR) is 109 cm³/mol. The molecule has 0 aliphatic rings. The average Bonchev–Trinajstić information content (AvgIpc) is 2.66. The van der Waals surface area contributed by atoms with E-state index in [1.165, 1.54) is 48.5 Å². The lowest BCUT2D eigenvalue weighted by Gasteiger charge is -2.15. The van der Waals surface area contributed by atoms with Crippen LogP contribution in [-0.4, -0.2) is 27.1 Å². The second kappa shape index (κ2) is 8.63. The van der Waals surface area contributed by atoms with Crippen LogP contribution in [-0.2, 0) is 33.0 Å². The first-order valence-electron chi connectivity index (χ1n) is 8.31. The molecule has 1 unspecified atom stereocenters. The van der Waals surface area contributed by atoms with Gasteiger partial charge in [0, 0.05) is 11.1 Å². The summed E-state index contributed by atoms with van der Waals surface area (Å²) in [5.74, 6) is -1.60. The van der Waals surface area contributed by atoms with Crippen molar-refractivity contribution < 1.29 is 30.4 Å². The minimum absolute atomic E-state index is 0.0501. The molecule has 13 heteroatoms. The van der Waals surface area contributed by atoms with Gasteiger partial charge in [0.05, 0.1) is 16.3 Å². The summed E-state index contributed by atoms with van der Waals surface area (Å²) in [5.41, 5.74) is 0.899. The molecule has 1 atom stereocenters. The summed E-state index contributed by atoms with van der Waals surface area (Å²) in [6, 6.07) is 10.8. The fourth-order valence-electron chi connectivity index (χ4n) is 2.74. The van der Waals surface area contributed by atoms with Gasteiger partial charge in [0.25, 0.3) is 0 Å². The van der Waals surface area contributed by atoms with Gasteiger partial charge >= 0.3 is 6.18 Å². The molecule has 2 aromatic carbocycles. The maximum Gasteiger partial charge on any atom is 0.451 e. The van der Waals surface area contributed by atoms with Crippen LogP contribution in [0.1, 0.15) is 11.4 Å². The Kier molecular flexibility index (Phi) is 6.48. The highest BCUT2D eigenvalue weighted by atomic mass is 35.5. The number of hydrogen-bond acceptors (Lipinski definition) is 5. The molecule has 0 amide bonds. The molecule has 0 saturated heterocycles. The smallest absolute Gasteiger partial charge is 0.306 e. The summed E-state index contributed by atoms with van der Waals surface area (Å²) >= 11 is 4.00. The van der Waals surface area contributed by atoms with Crippen molar-refractivity contribution in [1.29, 1.82) is 0 Å². The summed E-state index contributed by atoms with van der Waals surface area (Å²) in [4.78, 5) is 6.80. The number of rotatable bonds is 5. The van der Waals surface area contributed by atoms with Gasteiger partial charge in [-0.2, -0.15) is 13.2 Å². The summed E-state index contributed by atoms with van der Waals surface area (Å²) in [5, 5.41) is 4.58. The van der Waals surface area contributed by atoms with Gasteiger partial charge in [-0.25, -0.2) is 27.7 Å². The van der Waals surface area contributed by atoms with Crippen LogP contribution in [0.2, 0.25) is 5.15 Å². The van der Waals surface area contributed by atoms with E-state index in [0.29, 0.717) is 5.56 Å². The molecule has 3 N–H and O–H groups in total. The van der Waals surface area contributed by atoms with Crippen molar-refractivity contribution in [2.24, 2.45) is 5.14 Å². The van der Waals surface area contributed by atoms with E-state index in [-0.39, 0.29) is 33.0 Å². The molecular weight excluding hydrogens is 479 g/mol. The fourth-order valence-corrected chi connectivity index (χ4v) is 4.01. The molecule has 3 aromatic rings. The Hall–Kier alpha value is -2.38. The molecule has 1 aromatic heterocycles. The van der Waals surface area contributed by atoms with Crippen molar-refractivity contribution in [3.63, 3.8) is 0 Å². The molecule has 0 radical (unpaired) electrons. The van der Waals surface area contributed by atoms with Crippen molar-refractivity contribution in [2.45, 2.75) is 16.8 Å². The van der Waals surface area contributed by atoms with Crippen LogP contribution in [0.4, 0.5) is 13.2 Å². The number of benzene rings is 2. The van der Waals surface area contributed by atoms with Crippen LogP contribution < -0.4 is 5.14 Å². The lowest BCUT2D eigenvalue weighted by molar-refractivity contribution is -0.144. The summed E-state index contributed by atoms with van der Waals surface area (Å²) in [6.07, 6.45) is -4.86. The first-order chi connectivity index (χ1) is 14.4. The third kappa shape index (κ3) is 5.46. The predicted octanol–water partition coefficient (Wildman–Crippen LogP) is 3.85. The number of aromatic nitrogens is 2. The topological polar surface area (TPSA) is 123 Å². The number of alkyl halides is 3. The molecular formula is C18H13ClF3N3O4S2. The Balaban J connectivity index is 2.20. The Morgan fingerprint density at radius 1 is 1.00 bits per heavy atom. The van der Waals surface area contributed by atoms with Crippen LogP contribution in [0.15, 0.2) is 53.4 Å². The molecule has 0 aliphatic heterocycles. The van der Waals surface area contributed by atoms with E-state index in [4.69, 9.17) is 21.3 Å². The Bertz CT molecular complexity index is 1250. The maximum atomic E-state index is 13.3. The zero-order valence-corrected chi connectivity index (χ0v) is 17.7. The van der Waals surface area contributed by atoms with Gasteiger partial charge < -0.3 is 4.55 Å². The molecule has 31 heavy (non-hydrogen) atoms. The van der Waals surface area contributed by atoms with Gasteiger partial charge in [0.2, 0.25) is 15.8 Å². The largest absolute Gasteiger partial charge is 0.451 e. The van der Waals surface area contributed by atoms with E-state index in [2.05, 4.69) is 9.97 Å². The normalized spacial score (nSPS) is 13.2. The van der Waals surface area contributed by atoms with Gasteiger partial charge in [-0.1, -0.05) is 48.0 Å². The van der Waals surface area contributed by atoms with Crippen LogP contribution >= 0.6 is 11.6 Å². The maximum absolute atomic E-state index is 13.3. The van der Waals surface area contributed by atoms with Crippen molar-refractivity contribution in [1.82, 2.24) is 9.97 Å². The second-order valence-electron chi connectivity index (χ2n) is 6.29. The quantitative estimate of drug-likeness (QED) is 0.412. The molecule has 0 saturated carbocycles. The van der Waals surface area contributed by atoms with Gasteiger partial charge in [0.15, 0.2) is 11.1 Å². The zero-order chi connectivity index (χ0) is 23.0.